The predicted octanol–water partition coefficient (Wildman–Crippen LogP) is 6.58. The lowest BCUT2D eigenvalue weighted by Gasteiger charge is -2.37. The van der Waals surface area contributed by atoms with Gasteiger partial charge in [-0.15, -0.1) is 13.2 Å². The van der Waals surface area contributed by atoms with Crippen molar-refractivity contribution < 1.29 is 14.2 Å². The van der Waals surface area contributed by atoms with Gasteiger partial charge in [-0.2, -0.15) is 0 Å². The van der Waals surface area contributed by atoms with Gasteiger partial charge in [-0.3, -0.25) is 0 Å². The molecule has 2 atom stereocenters. The summed E-state index contributed by atoms with van der Waals surface area (Å²) in [6, 6.07) is 0. The highest BCUT2D eigenvalue weighted by atomic mass is 16.8. The largest absolute Gasteiger partial charge is 0.368 e. The summed E-state index contributed by atoms with van der Waals surface area (Å²) in [5, 5.41) is 0. The predicted molar refractivity (Wildman–Crippen MR) is 110 cm³/mol. The highest BCUT2D eigenvalue weighted by molar-refractivity contribution is 4.98. The lowest BCUT2D eigenvalue weighted by atomic mass is 9.86. The lowest BCUT2D eigenvalue weighted by molar-refractivity contribution is -0.182. The molecule has 0 aromatic carbocycles. The van der Waals surface area contributed by atoms with E-state index in [0.29, 0.717) is 13.2 Å². The third-order valence-electron chi connectivity index (χ3n) is 5.28. The number of hydrogen-bond donors (Lipinski definition) is 0. The summed E-state index contributed by atoms with van der Waals surface area (Å²) in [6.45, 7) is 15.1. The van der Waals surface area contributed by atoms with E-state index in [-0.39, 0.29) is 11.7 Å². The molecule has 1 fully saturated rings. The van der Waals surface area contributed by atoms with Crippen LogP contribution in [-0.2, 0) is 14.2 Å². The van der Waals surface area contributed by atoms with Crippen molar-refractivity contribution in [2.24, 2.45) is 0 Å². The van der Waals surface area contributed by atoms with Crippen molar-refractivity contribution >= 4 is 0 Å². The average Bonchev–Trinajstić information content (AvgIpc) is 2.98. The van der Waals surface area contributed by atoms with E-state index < -0.39 is 5.79 Å². The topological polar surface area (TPSA) is 27.7 Å². The molecule has 0 aromatic rings. The van der Waals surface area contributed by atoms with Gasteiger partial charge in [0.1, 0.15) is 11.7 Å². The van der Waals surface area contributed by atoms with E-state index >= 15 is 0 Å². The summed E-state index contributed by atoms with van der Waals surface area (Å²) < 4.78 is 18.3. The van der Waals surface area contributed by atoms with Gasteiger partial charge in [0.05, 0.1) is 13.2 Å². The molecule has 3 nitrogen and oxygen atoms in total. The summed E-state index contributed by atoms with van der Waals surface area (Å²) in [7, 11) is 0. The van der Waals surface area contributed by atoms with Crippen molar-refractivity contribution in [3.63, 3.8) is 0 Å². The Bertz CT molecular complexity index is 391. The van der Waals surface area contributed by atoms with Crippen molar-refractivity contribution in [1.29, 1.82) is 0 Å². The molecular weight excluding hydrogens is 324 g/mol. The van der Waals surface area contributed by atoms with Crippen LogP contribution in [0.25, 0.3) is 0 Å². The lowest BCUT2D eigenvalue weighted by Crippen LogP contribution is -2.47. The highest BCUT2D eigenvalue weighted by Crippen LogP contribution is 2.37. The number of ether oxygens (including phenoxy) is 3. The normalized spacial score (nSPS) is 21.4. The fourth-order valence-corrected chi connectivity index (χ4v) is 3.77. The second-order valence-corrected chi connectivity index (χ2v) is 8.05. The molecule has 1 aliphatic rings. The van der Waals surface area contributed by atoms with Gasteiger partial charge < -0.3 is 14.2 Å². The van der Waals surface area contributed by atoms with Crippen LogP contribution in [-0.4, -0.2) is 30.7 Å². The van der Waals surface area contributed by atoms with E-state index in [9.17, 15) is 0 Å². The molecule has 0 aromatic heterocycles. The minimum absolute atomic E-state index is 0.0514. The maximum absolute atomic E-state index is 6.27. The molecular formula is C23H42O3. The van der Waals surface area contributed by atoms with E-state index in [1.807, 2.05) is 26.0 Å². The fourth-order valence-electron chi connectivity index (χ4n) is 3.77. The first-order valence-corrected chi connectivity index (χ1v) is 10.7. The molecule has 0 aliphatic carbocycles. The van der Waals surface area contributed by atoms with Crippen molar-refractivity contribution in [3.05, 3.63) is 25.3 Å². The molecule has 0 saturated carbocycles. The third-order valence-corrected chi connectivity index (χ3v) is 5.28. The van der Waals surface area contributed by atoms with Crippen LogP contribution in [0.1, 0.15) is 91.4 Å². The van der Waals surface area contributed by atoms with Gasteiger partial charge in [-0.25, -0.2) is 0 Å². The minimum Gasteiger partial charge on any atom is -0.368 e. The van der Waals surface area contributed by atoms with Crippen LogP contribution < -0.4 is 0 Å². The number of hydrogen-bond acceptors (Lipinski definition) is 3. The maximum Gasteiger partial charge on any atom is 0.163 e. The smallest absolute Gasteiger partial charge is 0.163 e. The summed E-state index contributed by atoms with van der Waals surface area (Å²) >= 11 is 0. The van der Waals surface area contributed by atoms with Crippen LogP contribution in [0.5, 0.6) is 0 Å². The molecule has 0 radical (unpaired) electrons. The maximum atomic E-state index is 6.27. The summed E-state index contributed by atoms with van der Waals surface area (Å²) in [4.78, 5) is 0. The van der Waals surface area contributed by atoms with Gasteiger partial charge in [-0.05, 0) is 26.7 Å². The molecule has 0 unspecified atom stereocenters. The molecule has 0 spiro atoms. The zero-order valence-corrected chi connectivity index (χ0v) is 17.6. The first-order chi connectivity index (χ1) is 12.5. The number of unbranched alkanes of at least 4 members (excludes halogenated alkanes) is 8. The molecule has 1 aliphatic heterocycles. The molecule has 3 heteroatoms. The molecule has 152 valence electrons. The average molecular weight is 367 g/mol. The van der Waals surface area contributed by atoms with Crippen LogP contribution in [0, 0.1) is 0 Å². The molecule has 0 amide bonds. The van der Waals surface area contributed by atoms with Gasteiger partial charge in [0, 0.05) is 0 Å². The van der Waals surface area contributed by atoms with Crippen LogP contribution in [0.15, 0.2) is 25.3 Å². The van der Waals surface area contributed by atoms with Gasteiger partial charge >= 0.3 is 0 Å². The van der Waals surface area contributed by atoms with E-state index in [2.05, 4.69) is 20.1 Å². The first kappa shape index (κ1) is 23.4. The molecule has 0 bridgehead atoms. The molecule has 26 heavy (non-hydrogen) atoms. The number of rotatable bonds is 16. The van der Waals surface area contributed by atoms with E-state index in [0.717, 1.165) is 19.3 Å². The second kappa shape index (κ2) is 12.7. The summed E-state index contributed by atoms with van der Waals surface area (Å²) in [5.74, 6) is -0.535. The Morgan fingerprint density at radius 3 is 2.12 bits per heavy atom. The molecule has 1 saturated heterocycles. The van der Waals surface area contributed by atoms with Crippen LogP contribution in [0.3, 0.4) is 0 Å². The standard InChI is InChI=1S/C23H42O3/c1-6-9-10-11-12-13-14-15-16-18-23(17-7-2,24-19-8-3)21-20-25-22(4,5)26-21/h7-8,21H,2-3,6,9-20H2,1,4-5H3/t21-,23-/m0/s1. The van der Waals surface area contributed by atoms with Crippen LogP contribution in [0.4, 0.5) is 0 Å². The third kappa shape index (κ3) is 8.37. The van der Waals surface area contributed by atoms with Crippen molar-refractivity contribution in [3.8, 4) is 0 Å². The Morgan fingerprint density at radius 1 is 1.00 bits per heavy atom. The highest BCUT2D eigenvalue weighted by Gasteiger charge is 2.46. The monoisotopic (exact) mass is 366 g/mol. The Morgan fingerprint density at radius 2 is 1.62 bits per heavy atom. The Labute approximate surface area is 162 Å². The van der Waals surface area contributed by atoms with Crippen molar-refractivity contribution in [1.82, 2.24) is 0 Å². The Hall–Kier alpha value is -0.640. The molecule has 0 N–H and O–H groups in total. The summed E-state index contributed by atoms with van der Waals surface area (Å²) in [6.07, 6.45) is 17.4. The van der Waals surface area contributed by atoms with Crippen molar-refractivity contribution in [2.45, 2.75) is 109 Å². The zero-order valence-electron chi connectivity index (χ0n) is 17.6. The van der Waals surface area contributed by atoms with Crippen molar-refractivity contribution in [2.75, 3.05) is 13.2 Å². The van der Waals surface area contributed by atoms with Crippen LogP contribution in [0.2, 0.25) is 0 Å². The van der Waals surface area contributed by atoms with E-state index in [1.165, 1.54) is 51.4 Å². The Kier molecular flexibility index (Phi) is 11.4. The molecule has 1 rings (SSSR count). The van der Waals surface area contributed by atoms with E-state index in [1.54, 1.807) is 0 Å². The summed E-state index contributed by atoms with van der Waals surface area (Å²) in [5.41, 5.74) is -0.356. The zero-order chi connectivity index (χ0) is 19.3. The fraction of sp³-hybridized carbons (Fsp3) is 0.826. The van der Waals surface area contributed by atoms with Gasteiger partial charge in [0.15, 0.2) is 5.79 Å². The quantitative estimate of drug-likeness (QED) is 0.228. The second-order valence-electron chi connectivity index (χ2n) is 8.05. The first-order valence-electron chi connectivity index (χ1n) is 10.7. The van der Waals surface area contributed by atoms with E-state index in [4.69, 9.17) is 14.2 Å². The molecule has 1 heterocycles. The minimum atomic E-state index is -0.535. The SMILES string of the molecule is C=CCO[C@@](CC=C)(CCCCCCCCCCC)[C@@H]1COC(C)(C)O1. The van der Waals surface area contributed by atoms with Gasteiger partial charge in [-0.1, -0.05) is 76.9 Å². The van der Waals surface area contributed by atoms with Crippen LogP contribution >= 0.6 is 0 Å². The van der Waals surface area contributed by atoms with Gasteiger partial charge in [0.2, 0.25) is 0 Å². The Balaban J connectivity index is 2.46. The van der Waals surface area contributed by atoms with Gasteiger partial charge in [0.25, 0.3) is 0 Å².